The second-order valence-corrected chi connectivity index (χ2v) is 7.55. The monoisotopic (exact) mass is 370 g/mol. The third kappa shape index (κ3) is 2.46. The van der Waals surface area contributed by atoms with Crippen molar-refractivity contribution in [3.63, 3.8) is 0 Å². The number of Topliss-reactive ketones (excluding diaryl/α,β-unsaturated/α-hetero) is 1. The van der Waals surface area contributed by atoms with Crippen LogP contribution in [0.5, 0.6) is 0 Å². The van der Waals surface area contributed by atoms with Crippen LogP contribution in [0.3, 0.4) is 0 Å². The zero-order chi connectivity index (χ0) is 17.7. The first-order valence-electron chi connectivity index (χ1n) is 7.87. The van der Waals surface area contributed by atoms with E-state index in [0.29, 0.717) is 36.5 Å². The van der Waals surface area contributed by atoms with E-state index in [-0.39, 0.29) is 5.78 Å². The van der Waals surface area contributed by atoms with Crippen molar-refractivity contribution in [3.8, 4) is 0 Å². The van der Waals surface area contributed by atoms with Crippen LogP contribution < -0.4 is 5.32 Å². The highest BCUT2D eigenvalue weighted by molar-refractivity contribution is 6.51. The Morgan fingerprint density at radius 1 is 1.21 bits per heavy atom. The van der Waals surface area contributed by atoms with Gasteiger partial charge in [-0.1, -0.05) is 29.3 Å². The Kier molecular flexibility index (Phi) is 4.41. The second kappa shape index (κ2) is 5.99. The van der Waals surface area contributed by atoms with Crippen LogP contribution >= 0.6 is 23.2 Å². The quantitative estimate of drug-likeness (QED) is 0.641. The molecule has 5 nitrogen and oxygen atoms in total. The normalized spacial score (nSPS) is 26.9. The third-order valence-electron chi connectivity index (χ3n) is 5.02. The minimum atomic E-state index is -1.77. The lowest BCUT2D eigenvalue weighted by atomic mass is 9.79. The maximum Gasteiger partial charge on any atom is 0.254 e. The first-order chi connectivity index (χ1) is 11.2. The topological polar surface area (TPSA) is 58.6 Å². The van der Waals surface area contributed by atoms with Crippen molar-refractivity contribution in [2.75, 3.05) is 20.2 Å². The van der Waals surface area contributed by atoms with Gasteiger partial charge in [-0.25, -0.2) is 0 Å². The molecule has 1 amide bonds. The van der Waals surface area contributed by atoms with Crippen molar-refractivity contribution in [1.29, 1.82) is 0 Å². The molecule has 2 aliphatic rings. The molecule has 130 valence electrons. The minimum Gasteiger partial charge on any atom is -0.341 e. The summed E-state index contributed by atoms with van der Waals surface area (Å²) in [5.74, 6) is -0.805. The number of aryl methyl sites for hydroxylation is 2. The summed E-state index contributed by atoms with van der Waals surface area (Å²) >= 11 is 13.0. The summed E-state index contributed by atoms with van der Waals surface area (Å²) in [4.78, 5) is 29.4. The molecule has 0 bridgehead atoms. The van der Waals surface area contributed by atoms with Crippen molar-refractivity contribution in [3.05, 3.63) is 33.8 Å². The number of carbonyl (C=O) groups excluding carboxylic acids is 2. The average molecular weight is 371 g/mol. The van der Waals surface area contributed by atoms with E-state index in [1.54, 1.807) is 18.2 Å². The largest absolute Gasteiger partial charge is 0.341 e. The lowest BCUT2D eigenvalue weighted by molar-refractivity contribution is -0.157. The lowest BCUT2D eigenvalue weighted by Gasteiger charge is -2.37. The molecule has 3 rings (SSSR count). The fourth-order valence-corrected chi connectivity index (χ4v) is 4.76. The third-order valence-corrected chi connectivity index (χ3v) is 5.85. The summed E-state index contributed by atoms with van der Waals surface area (Å²) in [6.07, 6.45) is 0.921. The molecule has 2 aliphatic heterocycles. The Hall–Kier alpha value is -1.14. The van der Waals surface area contributed by atoms with Crippen LogP contribution in [0.25, 0.3) is 0 Å². The number of nitrogens with one attached hydrogen (secondary N) is 1. The number of alkyl halides is 1. The molecule has 1 N–H and O–H groups in total. The van der Waals surface area contributed by atoms with Crippen LogP contribution in [0.2, 0.25) is 5.02 Å². The van der Waals surface area contributed by atoms with E-state index >= 15 is 0 Å². The molecule has 0 saturated carbocycles. The van der Waals surface area contributed by atoms with Crippen molar-refractivity contribution < 1.29 is 14.4 Å². The predicted molar refractivity (Wildman–Crippen MR) is 92.2 cm³/mol. The van der Waals surface area contributed by atoms with Crippen molar-refractivity contribution >= 4 is 34.9 Å². The first-order valence-corrected chi connectivity index (χ1v) is 8.63. The Morgan fingerprint density at radius 3 is 2.38 bits per heavy atom. The molecule has 1 unspecified atom stereocenters. The number of benzene rings is 1. The van der Waals surface area contributed by atoms with Gasteiger partial charge in [0.2, 0.25) is 4.87 Å². The number of rotatable bonds is 2. The number of hydrogen-bond acceptors (Lipinski definition) is 4. The summed E-state index contributed by atoms with van der Waals surface area (Å²) in [5, 5.41) is 4.97. The summed E-state index contributed by atoms with van der Waals surface area (Å²) in [6, 6.07) is 3.61. The molecule has 2 heterocycles. The van der Waals surface area contributed by atoms with E-state index in [4.69, 9.17) is 28.0 Å². The highest BCUT2D eigenvalue weighted by Gasteiger charge is 2.63. The van der Waals surface area contributed by atoms with E-state index < -0.39 is 16.3 Å². The molecule has 7 heteroatoms. The molecule has 1 atom stereocenters. The average Bonchev–Trinajstić information content (AvgIpc) is 2.69. The van der Waals surface area contributed by atoms with Gasteiger partial charge in [0.15, 0.2) is 5.78 Å². The van der Waals surface area contributed by atoms with Crippen LogP contribution in [-0.4, -0.2) is 42.5 Å². The summed E-state index contributed by atoms with van der Waals surface area (Å²) < 4.78 is 0. The number of ketones is 1. The zero-order valence-corrected chi connectivity index (χ0v) is 15.4. The second-order valence-electron chi connectivity index (χ2n) is 6.57. The van der Waals surface area contributed by atoms with Gasteiger partial charge in [-0.15, -0.1) is 0 Å². The van der Waals surface area contributed by atoms with Crippen LogP contribution in [-0.2, 0) is 19.3 Å². The van der Waals surface area contributed by atoms with Crippen molar-refractivity contribution in [2.45, 2.75) is 37.1 Å². The number of carbonyl (C=O) groups is 2. The number of hydrogen-bond donors (Lipinski definition) is 1. The van der Waals surface area contributed by atoms with Gasteiger partial charge < -0.3 is 10.2 Å². The van der Waals surface area contributed by atoms with Gasteiger partial charge in [-0.05, 0) is 43.9 Å². The van der Waals surface area contributed by atoms with E-state index in [1.165, 1.54) is 0 Å². The fourth-order valence-electron chi connectivity index (χ4n) is 3.77. The van der Waals surface area contributed by atoms with E-state index in [0.717, 1.165) is 11.1 Å². The molecule has 1 spiro atoms. The van der Waals surface area contributed by atoms with Gasteiger partial charge in [-0.2, -0.15) is 5.06 Å². The van der Waals surface area contributed by atoms with Gasteiger partial charge >= 0.3 is 0 Å². The maximum absolute atomic E-state index is 13.3. The fraction of sp³-hybridized carbons (Fsp3) is 0.529. The Balaban J connectivity index is 2.03. The minimum absolute atomic E-state index is 0.314. The molecule has 2 saturated heterocycles. The van der Waals surface area contributed by atoms with E-state index in [9.17, 15) is 9.59 Å². The standard InChI is InChI=1S/C17H20Cl2N2O3/c1-10-8-11(2)13(12(18)9-10)17(19)14(22)16(20-15(17)23)4-6-21(24-3)7-5-16/h8-9H,4-7H2,1-3H3,(H,20,23). The summed E-state index contributed by atoms with van der Waals surface area (Å²) in [7, 11) is 1.59. The van der Waals surface area contributed by atoms with Crippen LogP contribution in [0, 0.1) is 13.8 Å². The molecule has 24 heavy (non-hydrogen) atoms. The molecule has 0 aliphatic carbocycles. The van der Waals surface area contributed by atoms with E-state index in [2.05, 4.69) is 5.32 Å². The molecule has 0 aromatic heterocycles. The molecule has 0 radical (unpaired) electrons. The Labute approximate surface area is 151 Å². The summed E-state index contributed by atoms with van der Waals surface area (Å²) in [5.41, 5.74) is 1.14. The lowest BCUT2D eigenvalue weighted by Crippen LogP contribution is -2.54. The Morgan fingerprint density at radius 2 is 1.83 bits per heavy atom. The van der Waals surface area contributed by atoms with Gasteiger partial charge in [-0.3, -0.25) is 9.59 Å². The maximum atomic E-state index is 13.3. The number of halogens is 2. The predicted octanol–water partition coefficient (Wildman–Crippen LogP) is 2.49. The number of hydroxylamine groups is 2. The molecular weight excluding hydrogens is 351 g/mol. The number of nitrogens with zero attached hydrogens (tertiary/aromatic N) is 1. The highest BCUT2D eigenvalue weighted by Crippen LogP contribution is 2.47. The van der Waals surface area contributed by atoms with Gasteiger partial charge in [0.1, 0.15) is 5.54 Å². The number of amides is 1. The van der Waals surface area contributed by atoms with E-state index in [1.807, 2.05) is 19.9 Å². The number of piperidine rings is 1. The smallest absolute Gasteiger partial charge is 0.254 e. The molecule has 1 aromatic carbocycles. The molecule has 1 aromatic rings. The zero-order valence-electron chi connectivity index (χ0n) is 13.9. The SMILES string of the molecule is CON1CCC2(CC1)NC(=O)C(Cl)(c1c(C)cc(C)cc1Cl)C2=O. The molecule has 2 fully saturated rings. The van der Waals surface area contributed by atoms with Gasteiger partial charge in [0.25, 0.3) is 5.91 Å². The first kappa shape index (κ1) is 17.7. The van der Waals surface area contributed by atoms with Gasteiger partial charge in [0, 0.05) is 23.7 Å². The Bertz CT molecular complexity index is 691. The van der Waals surface area contributed by atoms with Crippen molar-refractivity contribution in [1.82, 2.24) is 10.4 Å². The van der Waals surface area contributed by atoms with Crippen LogP contribution in [0.1, 0.15) is 29.5 Å². The highest BCUT2D eigenvalue weighted by atomic mass is 35.5. The van der Waals surface area contributed by atoms with Crippen LogP contribution in [0.4, 0.5) is 0 Å². The molecular formula is C17H20Cl2N2O3. The van der Waals surface area contributed by atoms with Gasteiger partial charge in [0.05, 0.1) is 7.11 Å². The van der Waals surface area contributed by atoms with Crippen molar-refractivity contribution in [2.24, 2.45) is 0 Å². The van der Waals surface area contributed by atoms with Crippen LogP contribution in [0.15, 0.2) is 12.1 Å². The summed E-state index contributed by atoms with van der Waals surface area (Å²) in [6.45, 7) is 4.83.